The van der Waals surface area contributed by atoms with Gasteiger partial charge in [0.1, 0.15) is 17.7 Å². The minimum Gasteiger partial charge on any atom is -0.467 e. The highest BCUT2D eigenvalue weighted by molar-refractivity contribution is 6.33. The van der Waals surface area contributed by atoms with Gasteiger partial charge in [0.25, 0.3) is 0 Å². The van der Waals surface area contributed by atoms with Crippen LogP contribution >= 0.6 is 11.6 Å². The van der Waals surface area contributed by atoms with Crippen LogP contribution in [0.25, 0.3) is 0 Å². The highest BCUT2D eigenvalue weighted by Crippen LogP contribution is 2.22. The number of rotatable bonds is 5. The molecule has 0 aliphatic heterocycles. The summed E-state index contributed by atoms with van der Waals surface area (Å²) in [7, 11) is 0. The lowest BCUT2D eigenvalue weighted by molar-refractivity contribution is 0.130. The molecule has 5 nitrogen and oxygen atoms in total. The fraction of sp³-hybridized carbons (Fsp3) is 0.267. The van der Waals surface area contributed by atoms with Gasteiger partial charge in [-0.3, -0.25) is 0 Å². The molecule has 0 spiro atoms. The van der Waals surface area contributed by atoms with E-state index in [0.29, 0.717) is 5.76 Å². The molecule has 2 rings (SSSR count). The number of carbonyl (C=O) groups is 1. The van der Waals surface area contributed by atoms with Gasteiger partial charge < -0.3 is 20.2 Å². The first-order chi connectivity index (χ1) is 10.5. The maximum absolute atomic E-state index is 13.1. The summed E-state index contributed by atoms with van der Waals surface area (Å²) in [6, 6.07) is 6.16. The van der Waals surface area contributed by atoms with Crippen LogP contribution in [0, 0.1) is 5.82 Å². The van der Waals surface area contributed by atoms with Crippen LogP contribution in [0.15, 0.2) is 41.0 Å². The Kier molecular flexibility index (Phi) is 5.41. The number of nitrogens with one attached hydrogen (secondary N) is 2. The second-order valence-electron chi connectivity index (χ2n) is 4.89. The second-order valence-corrected chi connectivity index (χ2v) is 5.30. The minimum absolute atomic E-state index is 0.179. The van der Waals surface area contributed by atoms with Gasteiger partial charge in [-0.15, -0.1) is 0 Å². The molecular weight excluding hydrogens is 311 g/mol. The van der Waals surface area contributed by atoms with Crippen molar-refractivity contribution in [2.75, 3.05) is 5.32 Å². The molecule has 2 atom stereocenters. The number of urea groups is 1. The number of aliphatic hydroxyl groups is 1. The molecule has 7 heteroatoms. The molecule has 0 aliphatic carbocycles. The Balaban J connectivity index is 1.87. The molecule has 3 N–H and O–H groups in total. The van der Waals surface area contributed by atoms with E-state index in [-0.39, 0.29) is 23.2 Å². The van der Waals surface area contributed by atoms with E-state index < -0.39 is 18.0 Å². The van der Waals surface area contributed by atoms with Crippen LogP contribution in [-0.4, -0.2) is 17.2 Å². The molecule has 0 radical (unpaired) electrons. The standard InChI is InChI=1S/C15H16ClFN2O3/c1-9(7-13(20)14-3-2-6-22-14)18-15(21)19-12-8-10(17)4-5-11(12)16/h2-6,8-9,13,20H,7H2,1H3,(H2,18,19,21). The van der Waals surface area contributed by atoms with Gasteiger partial charge in [-0.25, -0.2) is 9.18 Å². The first-order valence-corrected chi connectivity index (χ1v) is 7.07. The highest BCUT2D eigenvalue weighted by Gasteiger charge is 2.16. The van der Waals surface area contributed by atoms with Crippen molar-refractivity contribution in [3.8, 4) is 0 Å². The quantitative estimate of drug-likeness (QED) is 0.784. The first kappa shape index (κ1) is 16.3. The molecule has 0 aliphatic rings. The number of carbonyl (C=O) groups excluding carboxylic acids is 1. The predicted molar refractivity (Wildman–Crippen MR) is 81.3 cm³/mol. The smallest absolute Gasteiger partial charge is 0.319 e. The number of halogens is 2. The Morgan fingerprint density at radius 2 is 2.23 bits per heavy atom. The van der Waals surface area contributed by atoms with Crippen LogP contribution in [0.1, 0.15) is 25.2 Å². The zero-order valence-electron chi connectivity index (χ0n) is 11.8. The van der Waals surface area contributed by atoms with Crippen molar-refractivity contribution >= 4 is 23.3 Å². The molecular formula is C15H16ClFN2O3. The van der Waals surface area contributed by atoms with Crippen molar-refractivity contribution in [3.05, 3.63) is 53.2 Å². The Bertz CT molecular complexity index is 634. The Hall–Kier alpha value is -2.05. The molecule has 1 aromatic heterocycles. The van der Waals surface area contributed by atoms with E-state index >= 15 is 0 Å². The fourth-order valence-electron chi connectivity index (χ4n) is 1.97. The van der Waals surface area contributed by atoms with Crippen molar-refractivity contribution in [1.82, 2.24) is 5.32 Å². The van der Waals surface area contributed by atoms with Gasteiger partial charge in [0.2, 0.25) is 0 Å². The van der Waals surface area contributed by atoms with E-state index in [9.17, 15) is 14.3 Å². The molecule has 2 unspecified atom stereocenters. The van der Waals surface area contributed by atoms with Gasteiger partial charge in [-0.05, 0) is 37.3 Å². The summed E-state index contributed by atoms with van der Waals surface area (Å²) in [5.74, 6) is -0.0665. The molecule has 0 saturated carbocycles. The van der Waals surface area contributed by atoms with Gasteiger partial charge in [-0.1, -0.05) is 11.6 Å². The van der Waals surface area contributed by atoms with Crippen LogP contribution < -0.4 is 10.6 Å². The van der Waals surface area contributed by atoms with E-state index in [1.807, 2.05) is 0 Å². The van der Waals surface area contributed by atoms with Gasteiger partial charge in [0, 0.05) is 12.5 Å². The number of aliphatic hydroxyl groups excluding tert-OH is 1. The summed E-state index contributed by atoms with van der Waals surface area (Å²) >= 11 is 5.87. The number of furan rings is 1. The third-order valence-electron chi connectivity index (χ3n) is 3.00. The van der Waals surface area contributed by atoms with Crippen LogP contribution in [0.4, 0.5) is 14.9 Å². The molecule has 1 heterocycles. The third kappa shape index (κ3) is 4.47. The average molecular weight is 327 g/mol. The van der Waals surface area contributed by atoms with Gasteiger partial charge in [0.15, 0.2) is 0 Å². The Morgan fingerprint density at radius 1 is 1.45 bits per heavy atom. The summed E-state index contributed by atoms with van der Waals surface area (Å²) in [4.78, 5) is 11.8. The average Bonchev–Trinajstić information content (AvgIpc) is 2.96. The normalized spacial score (nSPS) is 13.5. The maximum Gasteiger partial charge on any atom is 0.319 e. The van der Waals surface area contributed by atoms with E-state index in [2.05, 4.69) is 10.6 Å². The molecule has 22 heavy (non-hydrogen) atoms. The summed E-state index contributed by atoms with van der Waals surface area (Å²) < 4.78 is 18.2. The van der Waals surface area contributed by atoms with Crippen LogP contribution in [-0.2, 0) is 0 Å². The van der Waals surface area contributed by atoms with Crippen molar-refractivity contribution in [1.29, 1.82) is 0 Å². The third-order valence-corrected chi connectivity index (χ3v) is 3.33. The Morgan fingerprint density at radius 3 is 2.91 bits per heavy atom. The SMILES string of the molecule is CC(CC(O)c1ccco1)NC(=O)Nc1cc(F)ccc1Cl. The lowest BCUT2D eigenvalue weighted by atomic mass is 10.1. The summed E-state index contributed by atoms with van der Waals surface area (Å²) in [6.45, 7) is 1.74. The van der Waals surface area contributed by atoms with E-state index in [1.54, 1.807) is 19.1 Å². The van der Waals surface area contributed by atoms with Gasteiger partial charge in [0.05, 0.1) is 17.0 Å². The molecule has 1 aromatic carbocycles. The predicted octanol–water partition coefficient (Wildman–Crippen LogP) is 3.71. The topological polar surface area (TPSA) is 74.5 Å². The van der Waals surface area contributed by atoms with Crippen LogP contribution in [0.5, 0.6) is 0 Å². The summed E-state index contributed by atoms with van der Waals surface area (Å²) in [5, 5.41) is 15.3. The Labute approximate surface area is 132 Å². The molecule has 0 fully saturated rings. The second kappa shape index (κ2) is 7.29. The van der Waals surface area contributed by atoms with E-state index in [1.165, 1.54) is 18.4 Å². The number of hydrogen-bond donors (Lipinski definition) is 3. The lowest BCUT2D eigenvalue weighted by Gasteiger charge is -2.17. The largest absolute Gasteiger partial charge is 0.467 e. The van der Waals surface area contributed by atoms with Gasteiger partial charge >= 0.3 is 6.03 Å². The fourth-order valence-corrected chi connectivity index (χ4v) is 2.13. The monoisotopic (exact) mass is 326 g/mol. The van der Waals surface area contributed by atoms with Crippen molar-refractivity contribution in [2.24, 2.45) is 0 Å². The minimum atomic E-state index is -0.817. The number of amides is 2. The van der Waals surface area contributed by atoms with E-state index in [0.717, 1.165) is 6.07 Å². The zero-order valence-corrected chi connectivity index (χ0v) is 12.6. The first-order valence-electron chi connectivity index (χ1n) is 6.69. The molecule has 0 bridgehead atoms. The summed E-state index contributed by atoms with van der Waals surface area (Å²) in [5.41, 5.74) is 0.179. The van der Waals surface area contributed by atoms with E-state index in [4.69, 9.17) is 16.0 Å². The number of benzene rings is 1. The summed E-state index contributed by atoms with van der Waals surface area (Å²) in [6.07, 6.45) is 0.927. The molecule has 2 aromatic rings. The van der Waals surface area contributed by atoms with Crippen LogP contribution in [0.2, 0.25) is 5.02 Å². The van der Waals surface area contributed by atoms with Crippen molar-refractivity contribution in [2.45, 2.75) is 25.5 Å². The van der Waals surface area contributed by atoms with Gasteiger partial charge in [-0.2, -0.15) is 0 Å². The van der Waals surface area contributed by atoms with Crippen molar-refractivity contribution in [3.63, 3.8) is 0 Å². The zero-order chi connectivity index (χ0) is 16.1. The number of anilines is 1. The van der Waals surface area contributed by atoms with Crippen LogP contribution in [0.3, 0.4) is 0 Å². The maximum atomic E-state index is 13.1. The molecule has 2 amide bonds. The highest BCUT2D eigenvalue weighted by atomic mass is 35.5. The number of hydrogen-bond acceptors (Lipinski definition) is 3. The lowest BCUT2D eigenvalue weighted by Crippen LogP contribution is -2.37. The molecule has 0 saturated heterocycles. The van der Waals surface area contributed by atoms with Crippen molar-refractivity contribution < 1.29 is 18.7 Å². The molecule has 118 valence electrons.